The van der Waals surface area contributed by atoms with E-state index in [1.807, 2.05) is 6.07 Å². The van der Waals surface area contributed by atoms with E-state index in [0.29, 0.717) is 17.4 Å². The van der Waals surface area contributed by atoms with Crippen LogP contribution in [0.5, 0.6) is 5.75 Å². The van der Waals surface area contributed by atoms with E-state index in [4.69, 9.17) is 0 Å². The lowest BCUT2D eigenvalue weighted by Gasteiger charge is -2.21. The maximum Gasteiger partial charge on any atom is 0.163 e. The first kappa shape index (κ1) is 12.5. The quantitative estimate of drug-likeness (QED) is 0.797. The molecule has 1 aromatic rings. The maximum absolute atomic E-state index is 11.3. The minimum Gasteiger partial charge on any atom is -0.507 e. The van der Waals surface area contributed by atoms with Crippen molar-refractivity contribution in [1.29, 1.82) is 0 Å². The first-order chi connectivity index (χ1) is 9.06. The Balaban J connectivity index is 1.81. The van der Waals surface area contributed by atoms with Gasteiger partial charge in [0.1, 0.15) is 5.75 Å². The summed E-state index contributed by atoms with van der Waals surface area (Å²) in [5.41, 5.74) is 1.30. The molecule has 0 bridgehead atoms. The van der Waals surface area contributed by atoms with Crippen molar-refractivity contribution in [2.75, 3.05) is 18.0 Å². The van der Waals surface area contributed by atoms with Gasteiger partial charge in [0.05, 0.1) is 11.7 Å². The molecule has 2 fully saturated rings. The normalized spacial score (nSPS) is 29.6. The van der Waals surface area contributed by atoms with Gasteiger partial charge in [0.15, 0.2) is 5.78 Å². The third-order valence-electron chi connectivity index (χ3n) is 4.54. The van der Waals surface area contributed by atoms with Crippen LogP contribution in [-0.4, -0.2) is 35.2 Å². The van der Waals surface area contributed by atoms with Crippen LogP contribution < -0.4 is 4.90 Å². The molecule has 2 N–H and O–H groups in total. The smallest absolute Gasteiger partial charge is 0.163 e. The highest BCUT2D eigenvalue weighted by Crippen LogP contribution is 2.40. The lowest BCUT2D eigenvalue weighted by molar-refractivity contribution is 0.101. The number of nitrogens with zero attached hydrogens (tertiary/aromatic N) is 1. The number of carbonyl (C=O) groups excluding carboxylic acids is 1. The van der Waals surface area contributed by atoms with E-state index in [2.05, 4.69) is 4.90 Å². The number of hydrogen-bond donors (Lipinski definition) is 2. The van der Waals surface area contributed by atoms with Gasteiger partial charge >= 0.3 is 0 Å². The molecule has 0 radical (unpaired) electrons. The molecule has 3 atom stereocenters. The molecule has 19 heavy (non-hydrogen) atoms. The van der Waals surface area contributed by atoms with Crippen molar-refractivity contribution in [3.8, 4) is 5.75 Å². The van der Waals surface area contributed by atoms with E-state index in [9.17, 15) is 15.0 Å². The largest absolute Gasteiger partial charge is 0.507 e. The summed E-state index contributed by atoms with van der Waals surface area (Å²) >= 11 is 0. The molecule has 1 heterocycles. The van der Waals surface area contributed by atoms with Crippen LogP contribution in [0.25, 0.3) is 0 Å². The molecule has 3 rings (SSSR count). The van der Waals surface area contributed by atoms with E-state index >= 15 is 0 Å². The molecule has 1 saturated heterocycles. The highest BCUT2D eigenvalue weighted by molar-refractivity contribution is 5.97. The standard InChI is InChI=1S/C15H19NO3/c1-9(17)12-4-3-11(6-15(12)19)16-7-10-2-5-14(18)13(10)8-16/h3-4,6,10,13-14,18-19H,2,5,7-8H2,1H3. The first-order valence-electron chi connectivity index (χ1n) is 6.83. The van der Waals surface area contributed by atoms with Crippen LogP contribution in [0.3, 0.4) is 0 Å². The predicted octanol–water partition coefficient (Wildman–Crippen LogP) is 1.80. The monoisotopic (exact) mass is 261 g/mol. The average molecular weight is 261 g/mol. The van der Waals surface area contributed by atoms with Crippen LogP contribution in [-0.2, 0) is 0 Å². The average Bonchev–Trinajstić information content (AvgIpc) is 2.91. The van der Waals surface area contributed by atoms with Crippen LogP contribution in [0.15, 0.2) is 18.2 Å². The first-order valence-corrected chi connectivity index (χ1v) is 6.83. The lowest BCUT2D eigenvalue weighted by Crippen LogP contribution is -2.24. The van der Waals surface area contributed by atoms with E-state index in [-0.39, 0.29) is 17.6 Å². The molecule has 0 aromatic heterocycles. The van der Waals surface area contributed by atoms with Gasteiger partial charge in [-0.1, -0.05) is 0 Å². The topological polar surface area (TPSA) is 60.8 Å². The van der Waals surface area contributed by atoms with Crippen LogP contribution in [0.4, 0.5) is 5.69 Å². The number of aliphatic hydroxyl groups excluding tert-OH is 1. The van der Waals surface area contributed by atoms with E-state index in [0.717, 1.165) is 31.6 Å². The third-order valence-corrected chi connectivity index (χ3v) is 4.54. The second-order valence-corrected chi connectivity index (χ2v) is 5.73. The molecule has 2 aliphatic rings. The zero-order valence-corrected chi connectivity index (χ0v) is 11.0. The van der Waals surface area contributed by atoms with Gasteiger partial charge in [-0.05, 0) is 37.8 Å². The molecule has 1 saturated carbocycles. The number of benzene rings is 1. The SMILES string of the molecule is CC(=O)c1ccc(N2CC3CCC(O)C3C2)cc1O. The van der Waals surface area contributed by atoms with E-state index in [1.54, 1.807) is 12.1 Å². The Morgan fingerprint density at radius 2 is 2.11 bits per heavy atom. The zero-order valence-electron chi connectivity index (χ0n) is 11.0. The van der Waals surface area contributed by atoms with Crippen molar-refractivity contribution < 1.29 is 15.0 Å². The summed E-state index contributed by atoms with van der Waals surface area (Å²) in [6.07, 6.45) is 1.82. The number of rotatable bonds is 2. The molecule has 0 amide bonds. The fourth-order valence-electron chi connectivity index (χ4n) is 3.46. The number of fused-ring (bicyclic) bond motifs is 1. The fourth-order valence-corrected chi connectivity index (χ4v) is 3.46. The number of ketones is 1. The Bertz CT molecular complexity index is 514. The number of aliphatic hydroxyl groups is 1. The number of hydrogen-bond acceptors (Lipinski definition) is 4. The van der Waals surface area contributed by atoms with Gasteiger partial charge in [-0.2, -0.15) is 0 Å². The van der Waals surface area contributed by atoms with Crippen molar-refractivity contribution in [2.24, 2.45) is 11.8 Å². The summed E-state index contributed by atoms with van der Waals surface area (Å²) in [6.45, 7) is 3.22. The van der Waals surface area contributed by atoms with Gasteiger partial charge in [-0.25, -0.2) is 0 Å². The van der Waals surface area contributed by atoms with Crippen LogP contribution in [0.2, 0.25) is 0 Å². The van der Waals surface area contributed by atoms with Crippen molar-refractivity contribution in [3.05, 3.63) is 23.8 Å². The molecular formula is C15H19NO3. The highest BCUT2D eigenvalue weighted by atomic mass is 16.3. The second kappa shape index (κ2) is 4.53. The maximum atomic E-state index is 11.3. The summed E-state index contributed by atoms with van der Waals surface area (Å²) in [5, 5.41) is 19.8. The molecule has 4 nitrogen and oxygen atoms in total. The zero-order chi connectivity index (χ0) is 13.6. The van der Waals surface area contributed by atoms with Crippen LogP contribution in [0.1, 0.15) is 30.1 Å². The summed E-state index contributed by atoms with van der Waals surface area (Å²) in [5.74, 6) is 0.833. The Hall–Kier alpha value is -1.55. The van der Waals surface area contributed by atoms with Crippen molar-refractivity contribution in [3.63, 3.8) is 0 Å². The van der Waals surface area contributed by atoms with Gasteiger partial charge in [-0.3, -0.25) is 4.79 Å². The molecule has 4 heteroatoms. The molecule has 3 unspecified atom stereocenters. The van der Waals surface area contributed by atoms with Crippen molar-refractivity contribution in [1.82, 2.24) is 0 Å². The number of phenols is 1. The molecule has 1 aliphatic heterocycles. The summed E-state index contributed by atoms with van der Waals surface area (Å²) in [4.78, 5) is 13.5. The second-order valence-electron chi connectivity index (χ2n) is 5.73. The Morgan fingerprint density at radius 1 is 1.32 bits per heavy atom. The minimum absolute atomic E-state index is 0.0441. The fraction of sp³-hybridized carbons (Fsp3) is 0.533. The third kappa shape index (κ3) is 2.10. The van der Waals surface area contributed by atoms with Crippen molar-refractivity contribution in [2.45, 2.75) is 25.9 Å². The van der Waals surface area contributed by atoms with Gasteiger partial charge < -0.3 is 15.1 Å². The summed E-state index contributed by atoms with van der Waals surface area (Å²) in [7, 11) is 0. The van der Waals surface area contributed by atoms with Crippen LogP contribution in [0, 0.1) is 11.8 Å². The number of anilines is 1. The van der Waals surface area contributed by atoms with Gasteiger partial charge in [-0.15, -0.1) is 0 Å². The molecule has 102 valence electrons. The summed E-state index contributed by atoms with van der Waals surface area (Å²) in [6, 6.07) is 5.21. The highest BCUT2D eigenvalue weighted by Gasteiger charge is 2.41. The van der Waals surface area contributed by atoms with Gasteiger partial charge in [0.25, 0.3) is 0 Å². The Morgan fingerprint density at radius 3 is 2.74 bits per heavy atom. The van der Waals surface area contributed by atoms with E-state index in [1.165, 1.54) is 6.92 Å². The Labute approximate surface area is 112 Å². The lowest BCUT2D eigenvalue weighted by atomic mass is 10.00. The summed E-state index contributed by atoms with van der Waals surface area (Å²) < 4.78 is 0. The molecule has 1 aliphatic carbocycles. The molecular weight excluding hydrogens is 242 g/mol. The Kier molecular flexibility index (Phi) is 2.97. The number of aromatic hydroxyl groups is 1. The number of carbonyl (C=O) groups is 1. The van der Waals surface area contributed by atoms with Crippen LogP contribution >= 0.6 is 0 Å². The number of Topliss-reactive ketones (excluding diaryl/α,β-unsaturated/α-hetero) is 1. The van der Waals surface area contributed by atoms with Gasteiger partial charge in [0, 0.05) is 30.8 Å². The molecule has 1 aromatic carbocycles. The van der Waals surface area contributed by atoms with E-state index < -0.39 is 0 Å². The van der Waals surface area contributed by atoms with Crippen molar-refractivity contribution >= 4 is 11.5 Å². The number of phenolic OH excluding ortho intramolecular Hbond substituents is 1. The predicted molar refractivity (Wildman–Crippen MR) is 72.5 cm³/mol. The minimum atomic E-state index is -0.180. The van der Waals surface area contributed by atoms with Gasteiger partial charge in [0.2, 0.25) is 0 Å². The molecule has 0 spiro atoms.